The summed E-state index contributed by atoms with van der Waals surface area (Å²) in [7, 11) is 0. The molecule has 8 heteroatoms. The van der Waals surface area contributed by atoms with Gasteiger partial charge in [0, 0.05) is 17.7 Å². The van der Waals surface area contributed by atoms with Crippen LogP contribution in [0.1, 0.15) is 27.9 Å². The molecule has 0 fully saturated rings. The molecule has 8 nitrogen and oxygen atoms in total. The second-order valence-electron chi connectivity index (χ2n) is 5.88. The first kappa shape index (κ1) is 17.4. The number of nitro groups is 1. The van der Waals surface area contributed by atoms with Crippen LogP contribution in [0.3, 0.4) is 0 Å². The Hall–Kier alpha value is -3.42. The van der Waals surface area contributed by atoms with E-state index in [9.17, 15) is 19.7 Å². The molecule has 2 amide bonds. The number of nitrogens with one attached hydrogen (secondary N) is 2. The third kappa shape index (κ3) is 4.15. The smallest absolute Gasteiger partial charge is 0.276 e. The molecule has 0 aliphatic heterocycles. The maximum Gasteiger partial charge on any atom is 0.276 e. The van der Waals surface area contributed by atoms with Crippen LogP contribution in [-0.2, 0) is 17.6 Å². The van der Waals surface area contributed by atoms with Crippen molar-refractivity contribution in [2.45, 2.75) is 19.3 Å². The summed E-state index contributed by atoms with van der Waals surface area (Å²) in [4.78, 5) is 33.9. The molecule has 0 spiro atoms. The molecule has 26 heavy (non-hydrogen) atoms. The Morgan fingerprint density at radius 2 is 1.88 bits per heavy atom. The van der Waals surface area contributed by atoms with Crippen molar-refractivity contribution in [1.82, 2.24) is 10.9 Å². The van der Waals surface area contributed by atoms with Crippen molar-refractivity contribution < 1.29 is 19.2 Å². The average molecular weight is 355 g/mol. The number of ether oxygens (including phenoxy) is 1. The van der Waals surface area contributed by atoms with Crippen LogP contribution < -0.4 is 15.6 Å². The highest BCUT2D eigenvalue weighted by Crippen LogP contribution is 2.25. The number of amides is 2. The predicted molar refractivity (Wildman–Crippen MR) is 92.7 cm³/mol. The number of non-ortho nitro benzene ring substituents is 1. The number of carbonyl (C=O) groups excluding carboxylic acids is 2. The van der Waals surface area contributed by atoms with Gasteiger partial charge in [-0.05, 0) is 48.6 Å². The SMILES string of the molecule is O=C(COc1ccc2c(c1)CCC2)NNC(=O)c1cccc([N+](=O)[O-])c1. The van der Waals surface area contributed by atoms with E-state index in [1.807, 2.05) is 18.2 Å². The van der Waals surface area contributed by atoms with E-state index < -0.39 is 16.7 Å². The van der Waals surface area contributed by atoms with Gasteiger partial charge in [0.2, 0.25) is 0 Å². The number of nitro benzene ring substituents is 1. The summed E-state index contributed by atoms with van der Waals surface area (Å²) >= 11 is 0. The molecular weight excluding hydrogens is 338 g/mol. The van der Waals surface area contributed by atoms with Crippen molar-refractivity contribution in [3.63, 3.8) is 0 Å². The van der Waals surface area contributed by atoms with Crippen molar-refractivity contribution >= 4 is 17.5 Å². The number of rotatable bonds is 5. The van der Waals surface area contributed by atoms with E-state index in [0.717, 1.165) is 25.3 Å². The number of hydrazine groups is 1. The zero-order chi connectivity index (χ0) is 18.5. The minimum atomic E-state index is -0.653. The highest BCUT2D eigenvalue weighted by Gasteiger charge is 2.14. The van der Waals surface area contributed by atoms with Crippen LogP contribution in [-0.4, -0.2) is 23.3 Å². The summed E-state index contributed by atoms with van der Waals surface area (Å²) in [5, 5.41) is 10.7. The standard InChI is InChI=1S/C18H17N3O5/c22-17(11-26-16-8-7-12-3-1-4-13(12)10-16)19-20-18(23)14-5-2-6-15(9-14)21(24)25/h2,5-10H,1,3-4,11H2,(H,19,22)(H,20,23). The lowest BCUT2D eigenvalue weighted by molar-refractivity contribution is -0.384. The van der Waals surface area contributed by atoms with Crippen molar-refractivity contribution in [3.05, 3.63) is 69.3 Å². The molecule has 2 N–H and O–H groups in total. The molecule has 0 aromatic heterocycles. The van der Waals surface area contributed by atoms with Crippen LogP contribution in [0, 0.1) is 10.1 Å². The Bertz CT molecular complexity index is 866. The topological polar surface area (TPSA) is 111 Å². The Labute approximate surface area is 149 Å². The van der Waals surface area contributed by atoms with Crippen molar-refractivity contribution in [1.29, 1.82) is 0 Å². The zero-order valence-corrected chi connectivity index (χ0v) is 13.9. The molecule has 2 aromatic carbocycles. The lowest BCUT2D eigenvalue weighted by Gasteiger charge is -2.10. The minimum absolute atomic E-state index is 0.0686. The fourth-order valence-electron chi connectivity index (χ4n) is 2.78. The maximum atomic E-state index is 11.9. The van der Waals surface area contributed by atoms with Gasteiger partial charge in [-0.3, -0.25) is 30.6 Å². The van der Waals surface area contributed by atoms with Crippen molar-refractivity contribution in [2.24, 2.45) is 0 Å². The Balaban J connectivity index is 1.48. The third-order valence-corrected chi connectivity index (χ3v) is 4.07. The van der Waals surface area contributed by atoms with Gasteiger partial charge in [0.25, 0.3) is 17.5 Å². The molecule has 3 rings (SSSR count). The van der Waals surface area contributed by atoms with E-state index in [0.29, 0.717) is 5.75 Å². The molecule has 1 aliphatic carbocycles. The molecule has 0 unspecified atom stereocenters. The van der Waals surface area contributed by atoms with E-state index >= 15 is 0 Å². The first-order chi connectivity index (χ1) is 12.5. The zero-order valence-electron chi connectivity index (χ0n) is 13.9. The largest absolute Gasteiger partial charge is 0.484 e. The number of fused-ring (bicyclic) bond motifs is 1. The number of aryl methyl sites for hydroxylation is 2. The fraction of sp³-hybridized carbons (Fsp3) is 0.222. The summed E-state index contributed by atoms with van der Waals surface area (Å²) in [5.41, 5.74) is 6.83. The third-order valence-electron chi connectivity index (χ3n) is 4.07. The highest BCUT2D eigenvalue weighted by molar-refractivity contribution is 5.96. The molecule has 134 valence electrons. The quantitative estimate of drug-likeness (QED) is 0.629. The van der Waals surface area contributed by atoms with Gasteiger partial charge >= 0.3 is 0 Å². The molecule has 0 heterocycles. The number of nitrogens with zero attached hydrogens (tertiary/aromatic N) is 1. The van der Waals surface area contributed by atoms with E-state index in [4.69, 9.17) is 4.74 Å². The summed E-state index contributed by atoms with van der Waals surface area (Å²) in [5.74, 6) is -0.588. The Morgan fingerprint density at radius 3 is 2.69 bits per heavy atom. The average Bonchev–Trinajstić information content (AvgIpc) is 3.12. The second-order valence-corrected chi connectivity index (χ2v) is 5.88. The van der Waals surface area contributed by atoms with Crippen LogP contribution in [0.25, 0.3) is 0 Å². The predicted octanol–water partition coefficient (Wildman–Crippen LogP) is 1.92. The minimum Gasteiger partial charge on any atom is -0.484 e. The van der Waals surface area contributed by atoms with Gasteiger partial charge in [-0.2, -0.15) is 0 Å². The lowest BCUT2D eigenvalue weighted by atomic mass is 10.1. The Morgan fingerprint density at radius 1 is 1.08 bits per heavy atom. The van der Waals surface area contributed by atoms with Crippen LogP contribution >= 0.6 is 0 Å². The van der Waals surface area contributed by atoms with E-state index in [2.05, 4.69) is 10.9 Å². The van der Waals surface area contributed by atoms with Crippen molar-refractivity contribution in [3.8, 4) is 5.75 Å². The van der Waals surface area contributed by atoms with Crippen molar-refractivity contribution in [2.75, 3.05) is 6.61 Å². The maximum absolute atomic E-state index is 11.9. The highest BCUT2D eigenvalue weighted by atomic mass is 16.6. The molecule has 0 saturated carbocycles. The first-order valence-corrected chi connectivity index (χ1v) is 8.11. The molecule has 1 aliphatic rings. The van der Waals surface area contributed by atoms with Crippen LogP contribution in [0.4, 0.5) is 5.69 Å². The van der Waals surface area contributed by atoms with Crippen LogP contribution in [0.2, 0.25) is 0 Å². The second kappa shape index (κ2) is 7.64. The molecule has 0 atom stereocenters. The molecule has 0 radical (unpaired) electrons. The van der Waals surface area contributed by atoms with E-state index in [-0.39, 0.29) is 17.9 Å². The molecular formula is C18H17N3O5. The molecule has 0 saturated heterocycles. The number of carbonyl (C=O) groups is 2. The van der Waals surface area contributed by atoms with Gasteiger partial charge in [0.05, 0.1) is 4.92 Å². The normalized spacial score (nSPS) is 12.2. The van der Waals surface area contributed by atoms with Gasteiger partial charge in [0.15, 0.2) is 6.61 Å². The lowest BCUT2D eigenvalue weighted by Crippen LogP contribution is -2.43. The van der Waals surface area contributed by atoms with E-state index in [1.54, 1.807) is 0 Å². The number of hydrogen-bond donors (Lipinski definition) is 2. The summed E-state index contributed by atoms with van der Waals surface area (Å²) in [6.45, 7) is -0.256. The summed E-state index contributed by atoms with van der Waals surface area (Å²) < 4.78 is 5.43. The molecule has 2 aromatic rings. The number of hydrogen-bond acceptors (Lipinski definition) is 5. The summed E-state index contributed by atoms with van der Waals surface area (Å²) in [6.07, 6.45) is 3.21. The van der Waals surface area contributed by atoms with Gasteiger partial charge in [-0.1, -0.05) is 12.1 Å². The van der Waals surface area contributed by atoms with Gasteiger partial charge in [-0.25, -0.2) is 0 Å². The van der Waals surface area contributed by atoms with Gasteiger partial charge in [0.1, 0.15) is 5.75 Å². The fourth-order valence-corrected chi connectivity index (χ4v) is 2.78. The van der Waals surface area contributed by atoms with E-state index in [1.165, 1.54) is 29.3 Å². The van der Waals surface area contributed by atoms with Crippen LogP contribution in [0.15, 0.2) is 42.5 Å². The van der Waals surface area contributed by atoms with Gasteiger partial charge in [-0.15, -0.1) is 0 Å². The Kier molecular flexibility index (Phi) is 5.12. The molecule has 0 bridgehead atoms. The summed E-state index contributed by atoms with van der Waals surface area (Å²) in [6, 6.07) is 11.0. The monoisotopic (exact) mass is 355 g/mol. The van der Waals surface area contributed by atoms with Gasteiger partial charge < -0.3 is 4.74 Å². The number of benzene rings is 2. The van der Waals surface area contributed by atoms with Crippen LogP contribution in [0.5, 0.6) is 5.75 Å². The first-order valence-electron chi connectivity index (χ1n) is 8.11.